The summed E-state index contributed by atoms with van der Waals surface area (Å²) in [5.41, 5.74) is 31.9. The van der Waals surface area contributed by atoms with E-state index in [0.717, 1.165) is 45.6 Å². The standard InChI is InChI=1S/C79H72N2O2/c1-49-37-50(2)40-61(39-49)80(57-21-27-63(82-11)28-22-57)59-25-35-69-67-33-19-55(45-73(67)78(7,8)75(69)47-59)15-13-53-17-31-65-66-32-18-54(44-72(66)77(5,6)71(65)43-53)14-16-56-20-34-68-70-36-26-60(48-76(70)79(9,10)74(68)46-56)81(58-23-29-64(83-12)30-24-58)62-41-51(3)38-52(4)42-62/h13-48H,1-12H3/b15-13+,16-14+. The molecule has 13 rings (SSSR count). The number of nitrogens with zero attached hydrogens (tertiary/aromatic N) is 2. The summed E-state index contributed by atoms with van der Waals surface area (Å²) < 4.78 is 11.1. The predicted molar refractivity (Wildman–Crippen MR) is 351 cm³/mol. The molecule has 4 nitrogen and oxygen atoms in total. The highest BCUT2D eigenvalue weighted by Gasteiger charge is 2.39. The number of methoxy groups -OCH3 is 2. The Kier molecular flexibility index (Phi) is 12.9. The monoisotopic (exact) mass is 1080 g/mol. The summed E-state index contributed by atoms with van der Waals surface area (Å²) in [4.78, 5) is 4.74. The van der Waals surface area contributed by atoms with Gasteiger partial charge in [-0.3, -0.25) is 0 Å². The molecule has 0 bridgehead atoms. The molecule has 0 radical (unpaired) electrons. The van der Waals surface area contributed by atoms with E-state index in [9.17, 15) is 0 Å². The van der Waals surface area contributed by atoms with E-state index in [1.165, 1.54) is 111 Å². The zero-order valence-electron chi connectivity index (χ0n) is 50.0. The second-order valence-electron chi connectivity index (χ2n) is 25.0. The van der Waals surface area contributed by atoms with Gasteiger partial charge in [0.05, 0.1) is 14.2 Å². The van der Waals surface area contributed by atoms with Crippen LogP contribution in [0.25, 0.3) is 57.7 Å². The highest BCUT2D eigenvalue weighted by atomic mass is 16.5. The lowest BCUT2D eigenvalue weighted by atomic mass is 9.81. The number of anilines is 6. The lowest BCUT2D eigenvalue weighted by Crippen LogP contribution is -2.17. The molecule has 4 heteroatoms. The minimum Gasteiger partial charge on any atom is -0.497 e. The van der Waals surface area contributed by atoms with Crippen molar-refractivity contribution in [1.82, 2.24) is 0 Å². The normalized spacial score (nSPS) is 14.5. The molecule has 0 saturated carbocycles. The largest absolute Gasteiger partial charge is 0.497 e. The Bertz CT molecular complexity index is 3990. The third-order valence-electron chi connectivity index (χ3n) is 18.1. The second-order valence-corrected chi connectivity index (χ2v) is 25.0. The fraction of sp³-hybridized carbons (Fsp3) is 0.190. The summed E-state index contributed by atoms with van der Waals surface area (Å²) in [6.07, 6.45) is 9.16. The van der Waals surface area contributed by atoms with Gasteiger partial charge in [-0.25, -0.2) is 0 Å². The van der Waals surface area contributed by atoms with Crippen LogP contribution in [-0.4, -0.2) is 14.2 Å². The molecular weight excluding hydrogens is 1010 g/mol. The van der Waals surface area contributed by atoms with Gasteiger partial charge in [0.15, 0.2) is 0 Å². The van der Waals surface area contributed by atoms with Crippen LogP contribution in [0.2, 0.25) is 0 Å². The van der Waals surface area contributed by atoms with Crippen molar-refractivity contribution in [2.45, 2.75) is 85.5 Å². The molecule has 0 atom stereocenters. The van der Waals surface area contributed by atoms with Crippen molar-refractivity contribution in [3.05, 3.63) is 272 Å². The molecule has 3 aliphatic rings. The van der Waals surface area contributed by atoms with Gasteiger partial charge >= 0.3 is 0 Å². The molecule has 0 fully saturated rings. The zero-order chi connectivity index (χ0) is 57.7. The molecule has 0 aromatic heterocycles. The molecule has 0 aliphatic heterocycles. The Labute approximate surface area is 491 Å². The number of aryl methyl sites for hydroxylation is 4. The maximum atomic E-state index is 5.55. The maximum absolute atomic E-state index is 5.55. The van der Waals surface area contributed by atoms with Crippen molar-refractivity contribution in [2.24, 2.45) is 0 Å². The van der Waals surface area contributed by atoms with E-state index in [-0.39, 0.29) is 16.2 Å². The van der Waals surface area contributed by atoms with Crippen LogP contribution in [-0.2, 0) is 16.2 Å². The van der Waals surface area contributed by atoms with Gasteiger partial charge in [0.2, 0.25) is 0 Å². The second kappa shape index (κ2) is 20.1. The van der Waals surface area contributed by atoms with Gasteiger partial charge in [-0.05, 0) is 236 Å². The molecule has 0 N–H and O–H groups in total. The first-order valence-electron chi connectivity index (χ1n) is 29.2. The van der Waals surface area contributed by atoms with E-state index in [0.29, 0.717) is 0 Å². The molecule has 0 amide bonds. The Hall–Kier alpha value is -9.12. The first kappa shape index (κ1) is 53.2. The van der Waals surface area contributed by atoms with Gasteiger partial charge in [-0.2, -0.15) is 0 Å². The third kappa shape index (κ3) is 9.26. The quantitative estimate of drug-likeness (QED) is 0.114. The topological polar surface area (TPSA) is 24.9 Å². The Balaban J connectivity index is 0.731. The van der Waals surface area contributed by atoms with Crippen LogP contribution in [0.1, 0.15) is 119 Å². The van der Waals surface area contributed by atoms with Crippen molar-refractivity contribution in [3.63, 3.8) is 0 Å². The van der Waals surface area contributed by atoms with E-state index in [2.05, 4.69) is 273 Å². The molecule has 0 spiro atoms. The molecule has 3 aliphatic carbocycles. The fourth-order valence-electron chi connectivity index (χ4n) is 13.9. The van der Waals surface area contributed by atoms with E-state index < -0.39 is 0 Å². The highest BCUT2D eigenvalue weighted by Crippen LogP contribution is 2.54. The van der Waals surface area contributed by atoms with E-state index in [1.54, 1.807) is 14.2 Å². The number of rotatable bonds is 12. The first-order valence-corrected chi connectivity index (χ1v) is 29.2. The molecule has 10 aromatic carbocycles. The van der Waals surface area contributed by atoms with Gasteiger partial charge in [0.25, 0.3) is 0 Å². The van der Waals surface area contributed by atoms with E-state index in [4.69, 9.17) is 9.47 Å². The smallest absolute Gasteiger partial charge is 0.119 e. The Morgan fingerprint density at radius 3 is 0.771 bits per heavy atom. The third-order valence-corrected chi connectivity index (χ3v) is 18.1. The summed E-state index contributed by atoms with van der Waals surface area (Å²) >= 11 is 0. The zero-order valence-corrected chi connectivity index (χ0v) is 50.0. The minimum absolute atomic E-state index is 0.162. The van der Waals surface area contributed by atoms with Crippen LogP contribution in [0.15, 0.2) is 194 Å². The van der Waals surface area contributed by atoms with Gasteiger partial charge in [0.1, 0.15) is 11.5 Å². The SMILES string of the molecule is COc1ccc(N(c2cc(C)cc(C)c2)c2ccc3c(c2)C(C)(C)c2cc(/C=C/c4ccc5c(c4)C(C)(C)c4cc(/C=C/c6ccc7c(c6)C(C)(C)c6cc(N(c8ccc(OC)cc8)c8cc(C)cc(C)c8)ccc6-7)ccc4-5)ccc2-3)cc1. The summed E-state index contributed by atoms with van der Waals surface area (Å²) in [6, 6.07) is 72.4. The van der Waals surface area contributed by atoms with Gasteiger partial charge < -0.3 is 19.3 Å². The van der Waals surface area contributed by atoms with Crippen LogP contribution >= 0.6 is 0 Å². The number of fused-ring (bicyclic) bond motifs is 9. The lowest BCUT2D eigenvalue weighted by molar-refractivity contribution is 0.414. The van der Waals surface area contributed by atoms with Crippen molar-refractivity contribution in [2.75, 3.05) is 24.0 Å². The average Bonchev–Trinajstić information content (AvgIpc) is 1.92. The fourth-order valence-corrected chi connectivity index (χ4v) is 13.9. The van der Waals surface area contributed by atoms with Crippen LogP contribution in [0.4, 0.5) is 34.1 Å². The summed E-state index contributed by atoms with van der Waals surface area (Å²) in [5, 5.41) is 0. The van der Waals surface area contributed by atoms with Gasteiger partial charge in [-0.1, -0.05) is 163 Å². The molecular formula is C79H72N2O2. The first-order chi connectivity index (χ1) is 39.9. The number of hydrogen-bond donors (Lipinski definition) is 0. The Morgan fingerprint density at radius 2 is 0.506 bits per heavy atom. The molecule has 0 heterocycles. The van der Waals surface area contributed by atoms with Crippen molar-refractivity contribution < 1.29 is 9.47 Å². The molecule has 83 heavy (non-hydrogen) atoms. The lowest BCUT2D eigenvalue weighted by Gasteiger charge is -2.28. The Morgan fingerprint density at radius 1 is 0.265 bits per heavy atom. The average molecular weight is 1080 g/mol. The summed E-state index contributed by atoms with van der Waals surface area (Å²) in [6.45, 7) is 23.0. The predicted octanol–water partition coefficient (Wildman–Crippen LogP) is 21.1. The van der Waals surface area contributed by atoms with Gasteiger partial charge in [-0.15, -0.1) is 0 Å². The van der Waals surface area contributed by atoms with Gasteiger partial charge in [0, 0.05) is 50.4 Å². The van der Waals surface area contributed by atoms with Crippen LogP contribution in [0.3, 0.4) is 0 Å². The summed E-state index contributed by atoms with van der Waals surface area (Å²) in [5.74, 6) is 1.69. The molecule has 10 aromatic rings. The number of benzene rings is 10. The maximum Gasteiger partial charge on any atom is 0.119 e. The number of ether oxygens (including phenoxy) is 2. The summed E-state index contributed by atoms with van der Waals surface area (Å²) in [7, 11) is 3.43. The molecule has 0 unspecified atom stereocenters. The minimum atomic E-state index is -0.198. The van der Waals surface area contributed by atoms with Crippen molar-refractivity contribution >= 4 is 58.4 Å². The van der Waals surface area contributed by atoms with Crippen LogP contribution in [0.5, 0.6) is 11.5 Å². The van der Waals surface area contributed by atoms with Crippen LogP contribution in [0, 0.1) is 27.7 Å². The van der Waals surface area contributed by atoms with E-state index in [1.807, 2.05) is 24.3 Å². The number of hydrogen-bond acceptors (Lipinski definition) is 4. The van der Waals surface area contributed by atoms with E-state index >= 15 is 0 Å². The molecule has 410 valence electrons. The highest BCUT2D eigenvalue weighted by molar-refractivity contribution is 5.90. The molecule has 0 saturated heterocycles. The van der Waals surface area contributed by atoms with Crippen LogP contribution < -0.4 is 19.3 Å². The van der Waals surface area contributed by atoms with Crippen molar-refractivity contribution in [1.29, 1.82) is 0 Å². The van der Waals surface area contributed by atoms with Crippen molar-refractivity contribution in [3.8, 4) is 44.9 Å².